The first-order valence-corrected chi connectivity index (χ1v) is 5.90. The second-order valence-corrected chi connectivity index (χ2v) is 3.94. The Morgan fingerprint density at radius 2 is 2.06 bits per heavy atom. The molecule has 17 heavy (non-hydrogen) atoms. The van der Waals surface area contributed by atoms with E-state index in [4.69, 9.17) is 15.2 Å². The predicted molar refractivity (Wildman–Crippen MR) is 65.6 cm³/mol. The summed E-state index contributed by atoms with van der Waals surface area (Å²) in [6.07, 6.45) is 0.970. The van der Waals surface area contributed by atoms with Gasteiger partial charge in [-0.15, -0.1) is 0 Å². The van der Waals surface area contributed by atoms with Crippen LogP contribution < -0.4 is 10.5 Å². The molecule has 0 aliphatic heterocycles. The normalized spacial score (nSPS) is 12.5. The molecule has 1 atom stereocenters. The zero-order chi connectivity index (χ0) is 12.7. The number of halogens is 1. The van der Waals surface area contributed by atoms with Crippen LogP contribution in [0.1, 0.15) is 31.9 Å². The third-order valence-electron chi connectivity index (χ3n) is 2.32. The molecule has 96 valence electrons. The average molecular weight is 241 g/mol. The van der Waals surface area contributed by atoms with Gasteiger partial charge < -0.3 is 15.2 Å². The van der Waals surface area contributed by atoms with E-state index in [0.717, 1.165) is 12.0 Å². The van der Waals surface area contributed by atoms with E-state index in [9.17, 15) is 4.39 Å². The Bertz CT molecular complexity index is 342. The van der Waals surface area contributed by atoms with Gasteiger partial charge in [-0.25, -0.2) is 4.39 Å². The smallest absolute Gasteiger partial charge is 0.165 e. The third-order valence-corrected chi connectivity index (χ3v) is 2.32. The molecule has 0 heterocycles. The molecule has 0 saturated heterocycles. The molecule has 0 fully saturated rings. The van der Waals surface area contributed by atoms with Crippen molar-refractivity contribution < 1.29 is 13.9 Å². The molecule has 0 aliphatic rings. The quantitative estimate of drug-likeness (QED) is 0.746. The van der Waals surface area contributed by atoms with Gasteiger partial charge in [0.2, 0.25) is 0 Å². The highest BCUT2D eigenvalue weighted by Crippen LogP contribution is 2.20. The Labute approximate surface area is 102 Å². The molecule has 1 aromatic rings. The summed E-state index contributed by atoms with van der Waals surface area (Å²) in [5.74, 6) is -0.134. The number of benzene rings is 1. The van der Waals surface area contributed by atoms with Crippen LogP contribution in [0.15, 0.2) is 18.2 Å². The van der Waals surface area contributed by atoms with Crippen molar-refractivity contribution in [3.63, 3.8) is 0 Å². The van der Waals surface area contributed by atoms with Crippen molar-refractivity contribution in [1.29, 1.82) is 0 Å². The number of hydrogen-bond donors (Lipinski definition) is 1. The van der Waals surface area contributed by atoms with E-state index >= 15 is 0 Å². The monoisotopic (exact) mass is 241 g/mol. The predicted octanol–water partition coefficient (Wildman–Crippen LogP) is 2.65. The van der Waals surface area contributed by atoms with Crippen LogP contribution in [0.5, 0.6) is 5.75 Å². The topological polar surface area (TPSA) is 44.5 Å². The largest absolute Gasteiger partial charge is 0.488 e. The zero-order valence-electron chi connectivity index (χ0n) is 10.4. The van der Waals surface area contributed by atoms with Crippen molar-refractivity contribution in [3.05, 3.63) is 29.6 Å². The molecule has 0 saturated carbocycles. The Balaban J connectivity index is 2.43. The van der Waals surface area contributed by atoms with E-state index in [0.29, 0.717) is 19.8 Å². The number of hydrogen-bond acceptors (Lipinski definition) is 3. The summed E-state index contributed by atoms with van der Waals surface area (Å²) in [4.78, 5) is 0. The molecule has 0 spiro atoms. The van der Waals surface area contributed by atoms with Crippen molar-refractivity contribution in [2.45, 2.75) is 26.3 Å². The Morgan fingerprint density at radius 3 is 2.65 bits per heavy atom. The van der Waals surface area contributed by atoms with Gasteiger partial charge in [-0.3, -0.25) is 0 Å². The lowest BCUT2D eigenvalue weighted by molar-refractivity contribution is 0.0991. The van der Waals surface area contributed by atoms with Crippen LogP contribution in [0.3, 0.4) is 0 Å². The molecule has 0 radical (unpaired) electrons. The van der Waals surface area contributed by atoms with Gasteiger partial charge in [-0.05, 0) is 31.0 Å². The lowest BCUT2D eigenvalue weighted by Crippen LogP contribution is -2.09. The van der Waals surface area contributed by atoms with Crippen LogP contribution in [0, 0.1) is 5.82 Å². The van der Waals surface area contributed by atoms with Crippen LogP contribution in [-0.2, 0) is 4.74 Å². The fourth-order valence-electron chi connectivity index (χ4n) is 1.37. The molecular weight excluding hydrogens is 221 g/mol. The highest BCUT2D eigenvalue weighted by Gasteiger charge is 2.06. The molecule has 4 heteroatoms. The molecule has 0 aliphatic carbocycles. The van der Waals surface area contributed by atoms with Gasteiger partial charge in [0.05, 0.1) is 6.61 Å². The highest BCUT2D eigenvalue weighted by molar-refractivity contribution is 5.30. The van der Waals surface area contributed by atoms with Crippen LogP contribution in [0.2, 0.25) is 0 Å². The Kier molecular flexibility index (Phi) is 5.94. The first-order chi connectivity index (χ1) is 8.15. The van der Waals surface area contributed by atoms with Crippen LogP contribution in [-0.4, -0.2) is 19.8 Å². The van der Waals surface area contributed by atoms with E-state index < -0.39 is 0 Å². The minimum absolute atomic E-state index is 0.175. The second-order valence-electron chi connectivity index (χ2n) is 3.94. The molecule has 3 nitrogen and oxygen atoms in total. The Hall–Kier alpha value is -1.13. The summed E-state index contributed by atoms with van der Waals surface area (Å²) in [5, 5.41) is 0. The van der Waals surface area contributed by atoms with Gasteiger partial charge in [0.15, 0.2) is 11.6 Å². The van der Waals surface area contributed by atoms with Crippen molar-refractivity contribution >= 4 is 0 Å². The van der Waals surface area contributed by atoms with E-state index in [2.05, 4.69) is 0 Å². The van der Waals surface area contributed by atoms with Gasteiger partial charge in [0, 0.05) is 12.6 Å². The first kappa shape index (κ1) is 13.9. The number of ether oxygens (including phenoxy) is 2. The minimum Gasteiger partial charge on any atom is -0.488 e. The summed E-state index contributed by atoms with van der Waals surface area (Å²) >= 11 is 0. The van der Waals surface area contributed by atoms with Crippen LogP contribution >= 0.6 is 0 Å². The number of nitrogens with two attached hydrogens (primary N) is 1. The van der Waals surface area contributed by atoms with Gasteiger partial charge in [0.1, 0.15) is 6.61 Å². The maximum atomic E-state index is 13.6. The fraction of sp³-hybridized carbons (Fsp3) is 0.538. The first-order valence-electron chi connectivity index (χ1n) is 5.90. The van der Waals surface area contributed by atoms with Crippen molar-refractivity contribution in [2.75, 3.05) is 19.8 Å². The number of rotatable bonds is 7. The average Bonchev–Trinajstić information content (AvgIpc) is 2.30. The standard InChI is InChI=1S/C13H20FNO2/c1-3-6-16-7-8-17-13-5-4-11(10(2)15)9-12(13)14/h4-5,9-10H,3,6-8,15H2,1-2H3. The van der Waals surface area contributed by atoms with Gasteiger partial charge in [-0.1, -0.05) is 13.0 Å². The fourth-order valence-corrected chi connectivity index (χ4v) is 1.37. The van der Waals surface area contributed by atoms with Crippen molar-refractivity contribution in [1.82, 2.24) is 0 Å². The molecular formula is C13H20FNO2. The lowest BCUT2D eigenvalue weighted by atomic mass is 10.1. The van der Waals surface area contributed by atoms with Crippen LogP contribution in [0.4, 0.5) is 4.39 Å². The molecule has 0 amide bonds. The molecule has 1 aromatic carbocycles. The minimum atomic E-state index is -0.379. The summed E-state index contributed by atoms with van der Waals surface area (Å²) < 4.78 is 24.1. The zero-order valence-corrected chi connectivity index (χ0v) is 10.4. The van der Waals surface area contributed by atoms with Gasteiger partial charge in [-0.2, -0.15) is 0 Å². The molecule has 2 N–H and O–H groups in total. The molecule has 1 rings (SSSR count). The third kappa shape index (κ3) is 4.71. The van der Waals surface area contributed by atoms with Gasteiger partial charge in [0.25, 0.3) is 0 Å². The summed E-state index contributed by atoms with van der Waals surface area (Å²) in [6, 6.07) is 4.61. The van der Waals surface area contributed by atoms with E-state index in [1.54, 1.807) is 12.1 Å². The SMILES string of the molecule is CCCOCCOc1ccc(C(C)N)cc1F. The molecule has 1 unspecified atom stereocenters. The lowest BCUT2D eigenvalue weighted by Gasteiger charge is -2.10. The van der Waals surface area contributed by atoms with E-state index in [-0.39, 0.29) is 17.6 Å². The molecule has 0 aromatic heterocycles. The van der Waals surface area contributed by atoms with Crippen LogP contribution in [0.25, 0.3) is 0 Å². The summed E-state index contributed by atoms with van der Waals surface area (Å²) in [7, 11) is 0. The van der Waals surface area contributed by atoms with Gasteiger partial charge >= 0.3 is 0 Å². The maximum absolute atomic E-state index is 13.6. The van der Waals surface area contributed by atoms with Crippen molar-refractivity contribution in [3.8, 4) is 5.75 Å². The second kappa shape index (κ2) is 7.25. The molecule has 0 bridgehead atoms. The summed E-state index contributed by atoms with van der Waals surface area (Å²) in [5.41, 5.74) is 6.42. The Morgan fingerprint density at radius 1 is 1.29 bits per heavy atom. The maximum Gasteiger partial charge on any atom is 0.165 e. The van der Waals surface area contributed by atoms with E-state index in [1.165, 1.54) is 6.07 Å². The van der Waals surface area contributed by atoms with E-state index in [1.807, 2.05) is 13.8 Å². The summed E-state index contributed by atoms with van der Waals surface area (Å²) in [6.45, 7) is 5.38. The highest BCUT2D eigenvalue weighted by atomic mass is 19.1. The van der Waals surface area contributed by atoms with Crippen molar-refractivity contribution in [2.24, 2.45) is 5.73 Å².